The number of nitrogens with zero attached hydrogens (tertiary/aromatic N) is 3. The van der Waals surface area contributed by atoms with Crippen LogP contribution in [0.1, 0.15) is 37.6 Å². The Morgan fingerprint density at radius 2 is 1.90 bits per heavy atom. The van der Waals surface area contributed by atoms with Crippen LogP contribution in [0.3, 0.4) is 0 Å². The number of aromatic amines is 1. The molecule has 0 aliphatic carbocycles. The summed E-state index contributed by atoms with van der Waals surface area (Å²) in [6.45, 7) is 7.10. The molecule has 0 fully saturated rings. The molecule has 2 N–H and O–H groups in total. The highest BCUT2D eigenvalue weighted by molar-refractivity contribution is 7.89. The number of nitrogens with one attached hydrogen (secondary N) is 2. The molecule has 0 amide bonds. The summed E-state index contributed by atoms with van der Waals surface area (Å²) in [5, 5.41) is 3.00. The van der Waals surface area contributed by atoms with Crippen LogP contribution in [0.15, 0.2) is 52.5 Å². The largest absolute Gasteiger partial charge is 0.294 e. The van der Waals surface area contributed by atoms with Crippen LogP contribution < -0.4 is 10.3 Å². The van der Waals surface area contributed by atoms with Gasteiger partial charge in [-0.1, -0.05) is 6.07 Å². The van der Waals surface area contributed by atoms with Crippen LogP contribution in [0, 0.1) is 6.92 Å². The lowest BCUT2D eigenvalue weighted by molar-refractivity contribution is 0.491. The molecule has 0 aliphatic rings. The average Bonchev–Trinajstić information content (AvgIpc) is 2.89. The fourth-order valence-electron chi connectivity index (χ4n) is 2.78. The van der Waals surface area contributed by atoms with Gasteiger partial charge in [-0.3, -0.25) is 14.9 Å². The number of pyridine rings is 2. The SMILES string of the molecule is Cc1[nH]n(-c2ccc(S(=O)(=O)NC(C)(C)C)cn2)c(=O)c1Cc1cccnc1.Cl. The maximum atomic E-state index is 12.8. The molecule has 0 saturated heterocycles. The van der Waals surface area contributed by atoms with Gasteiger partial charge in [-0.05, 0) is 51.5 Å². The predicted octanol–water partition coefficient (Wildman–Crippen LogP) is 2.35. The molecular weight excluding hydrogens is 414 g/mol. The third-order valence-electron chi connectivity index (χ3n) is 4.00. The highest BCUT2D eigenvalue weighted by Gasteiger charge is 2.22. The summed E-state index contributed by atoms with van der Waals surface area (Å²) < 4.78 is 28.7. The molecule has 0 saturated carbocycles. The Morgan fingerprint density at radius 3 is 2.45 bits per heavy atom. The fraction of sp³-hybridized carbons (Fsp3) is 0.316. The number of aryl methyl sites for hydroxylation is 1. The van der Waals surface area contributed by atoms with E-state index in [4.69, 9.17) is 0 Å². The second kappa shape index (κ2) is 8.48. The quantitative estimate of drug-likeness (QED) is 0.636. The molecule has 3 rings (SSSR count). The van der Waals surface area contributed by atoms with Crippen molar-refractivity contribution in [3.8, 4) is 5.82 Å². The number of hydrogen-bond donors (Lipinski definition) is 2. The molecule has 0 unspecified atom stereocenters. The first-order valence-corrected chi connectivity index (χ1v) is 10.2. The van der Waals surface area contributed by atoms with Gasteiger partial charge in [0, 0.05) is 41.8 Å². The summed E-state index contributed by atoms with van der Waals surface area (Å²) in [6.07, 6.45) is 5.09. The van der Waals surface area contributed by atoms with Gasteiger partial charge in [-0.15, -0.1) is 12.4 Å². The summed E-state index contributed by atoms with van der Waals surface area (Å²) in [5.74, 6) is 0.320. The van der Waals surface area contributed by atoms with Crippen molar-refractivity contribution < 1.29 is 8.42 Å². The molecule has 0 atom stereocenters. The van der Waals surface area contributed by atoms with Gasteiger partial charge in [0.15, 0.2) is 5.82 Å². The average molecular weight is 438 g/mol. The van der Waals surface area contributed by atoms with Gasteiger partial charge in [-0.25, -0.2) is 22.8 Å². The Balaban J connectivity index is 0.00000300. The van der Waals surface area contributed by atoms with Crippen LogP contribution in [0.25, 0.3) is 5.82 Å². The van der Waals surface area contributed by atoms with Crippen molar-refractivity contribution in [2.24, 2.45) is 0 Å². The van der Waals surface area contributed by atoms with Crippen LogP contribution in [0.5, 0.6) is 0 Å². The molecule has 0 aromatic carbocycles. The zero-order valence-electron chi connectivity index (χ0n) is 16.6. The summed E-state index contributed by atoms with van der Waals surface area (Å²) in [5.41, 5.74) is 1.43. The normalized spacial score (nSPS) is 11.9. The van der Waals surface area contributed by atoms with Gasteiger partial charge in [0.25, 0.3) is 5.56 Å². The van der Waals surface area contributed by atoms with E-state index in [1.807, 2.05) is 19.1 Å². The number of sulfonamides is 1. The first-order chi connectivity index (χ1) is 13.1. The van der Waals surface area contributed by atoms with E-state index in [9.17, 15) is 13.2 Å². The second-order valence-electron chi connectivity index (χ2n) is 7.60. The van der Waals surface area contributed by atoms with Gasteiger partial charge < -0.3 is 0 Å². The van der Waals surface area contributed by atoms with E-state index in [0.717, 1.165) is 11.3 Å². The molecule has 8 nitrogen and oxygen atoms in total. The van der Waals surface area contributed by atoms with E-state index in [1.165, 1.54) is 23.0 Å². The molecular formula is C19H24ClN5O3S. The minimum absolute atomic E-state index is 0. The van der Waals surface area contributed by atoms with Gasteiger partial charge in [-0.2, -0.15) is 0 Å². The van der Waals surface area contributed by atoms with Gasteiger partial charge in [0.05, 0.1) is 0 Å². The van der Waals surface area contributed by atoms with E-state index >= 15 is 0 Å². The summed E-state index contributed by atoms with van der Waals surface area (Å²) in [6, 6.07) is 6.66. The Hall–Kier alpha value is -2.49. The topological polar surface area (TPSA) is 110 Å². The predicted molar refractivity (Wildman–Crippen MR) is 113 cm³/mol. The van der Waals surface area contributed by atoms with E-state index in [1.54, 1.807) is 33.2 Å². The van der Waals surface area contributed by atoms with Gasteiger partial charge >= 0.3 is 0 Å². The smallest absolute Gasteiger partial charge is 0.276 e. The molecule has 3 aromatic rings. The molecule has 3 aromatic heterocycles. The van der Waals surface area contributed by atoms with Crippen molar-refractivity contribution >= 4 is 22.4 Å². The van der Waals surface area contributed by atoms with Crippen molar-refractivity contribution in [1.82, 2.24) is 24.5 Å². The molecule has 0 radical (unpaired) electrons. The zero-order valence-corrected chi connectivity index (χ0v) is 18.3. The molecule has 0 spiro atoms. The first kappa shape index (κ1) is 22.8. The standard InChI is InChI=1S/C19H23N5O3S.ClH/c1-13-16(10-14-6-5-9-20-11-14)18(25)24(22-13)17-8-7-15(12-21-17)28(26,27)23-19(2,3)4;/h5-9,11-12,22-23H,10H2,1-4H3;1H. The highest BCUT2D eigenvalue weighted by atomic mass is 35.5. The number of halogens is 1. The maximum Gasteiger partial charge on any atom is 0.276 e. The Bertz CT molecular complexity index is 1130. The number of rotatable bonds is 5. The third-order valence-corrected chi connectivity index (χ3v) is 5.74. The second-order valence-corrected chi connectivity index (χ2v) is 9.28. The lowest BCUT2D eigenvalue weighted by Crippen LogP contribution is -2.40. The highest BCUT2D eigenvalue weighted by Crippen LogP contribution is 2.14. The minimum atomic E-state index is -3.69. The number of hydrogen-bond acceptors (Lipinski definition) is 5. The maximum absolute atomic E-state index is 12.8. The van der Waals surface area contributed by atoms with Crippen molar-refractivity contribution in [2.75, 3.05) is 0 Å². The van der Waals surface area contributed by atoms with Crippen LogP contribution in [-0.4, -0.2) is 33.7 Å². The molecule has 29 heavy (non-hydrogen) atoms. The molecule has 10 heteroatoms. The van der Waals surface area contributed by atoms with E-state index < -0.39 is 15.6 Å². The molecule has 0 aliphatic heterocycles. The lowest BCUT2D eigenvalue weighted by Gasteiger charge is -2.20. The van der Waals surface area contributed by atoms with Crippen molar-refractivity contribution in [3.05, 3.63) is 70.0 Å². The lowest BCUT2D eigenvalue weighted by atomic mass is 10.1. The van der Waals surface area contributed by atoms with Gasteiger partial charge in [0.1, 0.15) is 4.90 Å². The van der Waals surface area contributed by atoms with E-state index in [2.05, 4.69) is 19.8 Å². The molecule has 156 valence electrons. The minimum Gasteiger partial charge on any atom is -0.294 e. The summed E-state index contributed by atoms with van der Waals surface area (Å²) in [7, 11) is -3.69. The van der Waals surface area contributed by atoms with Crippen molar-refractivity contribution in [2.45, 2.75) is 44.6 Å². The van der Waals surface area contributed by atoms with Crippen LogP contribution in [0.4, 0.5) is 0 Å². The van der Waals surface area contributed by atoms with E-state index in [0.29, 0.717) is 17.8 Å². The van der Waals surface area contributed by atoms with Gasteiger partial charge in [0.2, 0.25) is 10.0 Å². The van der Waals surface area contributed by atoms with E-state index in [-0.39, 0.29) is 22.9 Å². The summed E-state index contributed by atoms with van der Waals surface area (Å²) in [4.78, 5) is 21.1. The van der Waals surface area contributed by atoms with Crippen molar-refractivity contribution in [3.63, 3.8) is 0 Å². The van der Waals surface area contributed by atoms with Crippen LogP contribution >= 0.6 is 12.4 Å². The zero-order chi connectivity index (χ0) is 20.5. The monoisotopic (exact) mass is 437 g/mol. The molecule has 0 bridgehead atoms. The Kier molecular flexibility index (Phi) is 6.67. The Morgan fingerprint density at radius 1 is 1.17 bits per heavy atom. The number of aromatic nitrogens is 4. The van der Waals surface area contributed by atoms with Crippen molar-refractivity contribution in [1.29, 1.82) is 0 Å². The fourth-order valence-corrected chi connectivity index (χ4v) is 4.15. The number of H-pyrrole nitrogens is 1. The Labute approximate surface area is 175 Å². The summed E-state index contributed by atoms with van der Waals surface area (Å²) >= 11 is 0. The molecule has 3 heterocycles. The third kappa shape index (κ3) is 5.31. The van der Waals surface area contributed by atoms with Crippen LogP contribution in [-0.2, 0) is 16.4 Å². The van der Waals surface area contributed by atoms with Crippen LogP contribution in [0.2, 0.25) is 0 Å². The first-order valence-electron chi connectivity index (χ1n) is 8.77.